The van der Waals surface area contributed by atoms with E-state index < -0.39 is 10.0 Å². The minimum absolute atomic E-state index is 0.241. The molecule has 0 spiro atoms. The molecule has 1 unspecified atom stereocenters. The number of nitrogens with one attached hydrogen (secondary N) is 2. The van der Waals surface area contributed by atoms with Gasteiger partial charge >= 0.3 is 0 Å². The zero-order chi connectivity index (χ0) is 13.0. The number of rotatable bonds is 6. The number of hydrogen-bond donors (Lipinski definition) is 3. The molecule has 7 heteroatoms. The van der Waals surface area contributed by atoms with Crippen LogP contribution in [0.15, 0.2) is 17.2 Å². The Labute approximate surface area is 107 Å². The Balaban J connectivity index is 1.86. The van der Waals surface area contributed by atoms with Crippen LogP contribution in [-0.4, -0.2) is 33.2 Å². The second-order valence-corrected chi connectivity index (χ2v) is 6.25. The molecule has 0 amide bonds. The van der Waals surface area contributed by atoms with E-state index in [0.717, 1.165) is 26.1 Å². The van der Waals surface area contributed by atoms with Crippen LogP contribution in [0.5, 0.6) is 0 Å². The van der Waals surface area contributed by atoms with E-state index >= 15 is 0 Å². The van der Waals surface area contributed by atoms with Crippen LogP contribution >= 0.6 is 0 Å². The molecule has 18 heavy (non-hydrogen) atoms. The molecule has 102 valence electrons. The van der Waals surface area contributed by atoms with E-state index in [1.807, 2.05) is 0 Å². The van der Waals surface area contributed by atoms with Gasteiger partial charge in [0, 0.05) is 38.2 Å². The Kier molecular flexibility index (Phi) is 4.39. The zero-order valence-corrected chi connectivity index (χ0v) is 11.0. The third-order valence-corrected chi connectivity index (χ3v) is 4.56. The molecule has 0 radical (unpaired) electrons. The highest BCUT2D eigenvalue weighted by Crippen LogP contribution is 2.16. The van der Waals surface area contributed by atoms with Gasteiger partial charge in [0.1, 0.15) is 0 Å². The molecule has 1 aliphatic rings. The number of nitrogens with two attached hydrogens (primary N) is 1. The average Bonchev–Trinajstić information content (AvgIpc) is 2.99. The van der Waals surface area contributed by atoms with Crippen molar-refractivity contribution in [2.75, 3.05) is 19.8 Å². The van der Waals surface area contributed by atoms with E-state index in [9.17, 15) is 8.42 Å². The highest BCUT2D eigenvalue weighted by molar-refractivity contribution is 7.89. The fraction of sp³-hybridized carbons (Fsp3) is 0.636. The summed E-state index contributed by atoms with van der Waals surface area (Å²) in [7, 11) is -3.42. The standard InChI is InChI=1S/C11H19N3O3S/c12-6-10-5-11(7-13-10)18(15,16)14-3-1-9-2-4-17-8-9/h5,7,9,13-14H,1-4,6,8,12H2. The topological polar surface area (TPSA) is 97.2 Å². The highest BCUT2D eigenvalue weighted by Gasteiger charge is 2.18. The summed E-state index contributed by atoms with van der Waals surface area (Å²) in [5.41, 5.74) is 6.14. The number of sulfonamides is 1. The number of aromatic amines is 1. The molecule has 0 aromatic carbocycles. The number of hydrogen-bond acceptors (Lipinski definition) is 4. The van der Waals surface area contributed by atoms with Crippen molar-refractivity contribution in [2.24, 2.45) is 11.7 Å². The van der Waals surface area contributed by atoms with Crippen molar-refractivity contribution in [1.29, 1.82) is 0 Å². The lowest BCUT2D eigenvalue weighted by atomic mass is 10.1. The molecule has 1 fully saturated rings. The minimum atomic E-state index is -3.42. The van der Waals surface area contributed by atoms with E-state index in [1.165, 1.54) is 6.20 Å². The van der Waals surface area contributed by atoms with Crippen LogP contribution in [0, 0.1) is 5.92 Å². The first-order valence-electron chi connectivity index (χ1n) is 6.06. The predicted octanol–water partition coefficient (Wildman–Crippen LogP) is 0.178. The third-order valence-electron chi connectivity index (χ3n) is 3.12. The van der Waals surface area contributed by atoms with Crippen molar-refractivity contribution in [3.63, 3.8) is 0 Å². The summed E-state index contributed by atoms with van der Waals surface area (Å²) in [5, 5.41) is 0. The van der Waals surface area contributed by atoms with Gasteiger partial charge in [-0.05, 0) is 24.8 Å². The summed E-state index contributed by atoms with van der Waals surface area (Å²) >= 11 is 0. The largest absolute Gasteiger partial charge is 0.381 e. The first-order chi connectivity index (χ1) is 8.62. The minimum Gasteiger partial charge on any atom is -0.381 e. The summed E-state index contributed by atoms with van der Waals surface area (Å²) in [6.07, 6.45) is 3.29. The monoisotopic (exact) mass is 273 g/mol. The third kappa shape index (κ3) is 3.32. The number of H-pyrrole nitrogens is 1. The molecule has 2 heterocycles. The SMILES string of the molecule is NCc1cc(S(=O)(=O)NCCC2CCOC2)c[nH]1. The predicted molar refractivity (Wildman–Crippen MR) is 67.4 cm³/mol. The van der Waals surface area contributed by atoms with Gasteiger partial charge in [-0.25, -0.2) is 13.1 Å². The molecule has 1 atom stereocenters. The summed E-state index contributed by atoms with van der Waals surface area (Å²) in [6, 6.07) is 1.56. The van der Waals surface area contributed by atoms with Crippen LogP contribution < -0.4 is 10.5 Å². The van der Waals surface area contributed by atoms with Crippen LogP contribution in [0.25, 0.3) is 0 Å². The van der Waals surface area contributed by atoms with Crippen LogP contribution in [0.3, 0.4) is 0 Å². The summed E-state index contributed by atoms with van der Waals surface area (Å²) < 4.78 is 31.7. The Bertz CT molecular complexity index is 477. The van der Waals surface area contributed by atoms with Crippen molar-refractivity contribution >= 4 is 10.0 Å². The average molecular weight is 273 g/mol. The summed E-state index contributed by atoms with van der Waals surface area (Å²) in [4.78, 5) is 3.07. The Morgan fingerprint density at radius 1 is 1.56 bits per heavy atom. The molecule has 2 rings (SSSR count). The maximum Gasteiger partial charge on any atom is 0.242 e. The normalized spacial score (nSPS) is 20.4. The highest BCUT2D eigenvalue weighted by atomic mass is 32.2. The Morgan fingerprint density at radius 2 is 2.39 bits per heavy atom. The van der Waals surface area contributed by atoms with Gasteiger partial charge in [-0.1, -0.05) is 0 Å². The van der Waals surface area contributed by atoms with Crippen LogP contribution in [-0.2, 0) is 21.3 Å². The quantitative estimate of drug-likeness (QED) is 0.688. The molecule has 1 aliphatic heterocycles. The maximum absolute atomic E-state index is 11.9. The molecule has 1 saturated heterocycles. The smallest absolute Gasteiger partial charge is 0.242 e. The molecule has 0 bridgehead atoms. The van der Waals surface area contributed by atoms with E-state index in [4.69, 9.17) is 10.5 Å². The van der Waals surface area contributed by atoms with Gasteiger partial charge in [0.05, 0.1) is 4.90 Å². The molecule has 1 aromatic heterocycles. The van der Waals surface area contributed by atoms with Crippen LogP contribution in [0.1, 0.15) is 18.5 Å². The second-order valence-electron chi connectivity index (χ2n) is 4.48. The maximum atomic E-state index is 11.9. The van der Waals surface area contributed by atoms with Gasteiger partial charge in [0.2, 0.25) is 10.0 Å². The van der Waals surface area contributed by atoms with Crippen LogP contribution in [0.4, 0.5) is 0 Å². The van der Waals surface area contributed by atoms with Crippen molar-refractivity contribution in [2.45, 2.75) is 24.3 Å². The van der Waals surface area contributed by atoms with Crippen molar-refractivity contribution in [3.05, 3.63) is 18.0 Å². The summed E-state index contributed by atoms with van der Waals surface area (Å²) in [6.45, 7) is 2.27. The Hall–Kier alpha value is -0.890. The summed E-state index contributed by atoms with van der Waals surface area (Å²) in [5.74, 6) is 0.471. The lowest BCUT2D eigenvalue weighted by Crippen LogP contribution is -2.26. The molecule has 4 N–H and O–H groups in total. The molecule has 1 aromatic rings. The molecule has 0 saturated carbocycles. The molecule has 0 aliphatic carbocycles. The van der Waals surface area contributed by atoms with Crippen molar-refractivity contribution in [1.82, 2.24) is 9.71 Å². The lowest BCUT2D eigenvalue weighted by molar-refractivity contribution is 0.184. The molecular formula is C11H19N3O3S. The van der Waals surface area contributed by atoms with Gasteiger partial charge in [-0.15, -0.1) is 0 Å². The number of aromatic nitrogens is 1. The van der Waals surface area contributed by atoms with Crippen molar-refractivity contribution < 1.29 is 13.2 Å². The lowest BCUT2D eigenvalue weighted by Gasteiger charge is -2.08. The zero-order valence-electron chi connectivity index (χ0n) is 10.2. The van der Waals surface area contributed by atoms with Gasteiger partial charge in [0.25, 0.3) is 0 Å². The molecule has 6 nitrogen and oxygen atoms in total. The van der Waals surface area contributed by atoms with Gasteiger partial charge < -0.3 is 15.5 Å². The fourth-order valence-electron chi connectivity index (χ4n) is 1.98. The van der Waals surface area contributed by atoms with E-state index in [0.29, 0.717) is 24.7 Å². The van der Waals surface area contributed by atoms with E-state index in [1.54, 1.807) is 6.07 Å². The van der Waals surface area contributed by atoms with Gasteiger partial charge in [-0.2, -0.15) is 0 Å². The van der Waals surface area contributed by atoms with Gasteiger partial charge in [-0.3, -0.25) is 0 Å². The molecular weight excluding hydrogens is 254 g/mol. The van der Waals surface area contributed by atoms with Crippen LogP contribution in [0.2, 0.25) is 0 Å². The van der Waals surface area contributed by atoms with Gasteiger partial charge in [0.15, 0.2) is 0 Å². The number of ether oxygens (including phenoxy) is 1. The van der Waals surface area contributed by atoms with E-state index in [-0.39, 0.29) is 4.90 Å². The first-order valence-corrected chi connectivity index (χ1v) is 7.55. The Morgan fingerprint density at radius 3 is 3.00 bits per heavy atom. The second kappa shape index (κ2) is 5.83. The first kappa shape index (κ1) is 13.5. The van der Waals surface area contributed by atoms with E-state index in [2.05, 4.69) is 9.71 Å². The fourth-order valence-corrected chi connectivity index (χ4v) is 3.05. The van der Waals surface area contributed by atoms with Crippen molar-refractivity contribution in [3.8, 4) is 0 Å².